The van der Waals surface area contributed by atoms with E-state index in [0.717, 1.165) is 19.5 Å². The van der Waals surface area contributed by atoms with E-state index in [-0.39, 0.29) is 12.5 Å². The molecule has 3 heterocycles. The van der Waals surface area contributed by atoms with Crippen LogP contribution in [0.2, 0.25) is 0 Å². The number of hydrogen-bond donors (Lipinski definition) is 2. The van der Waals surface area contributed by atoms with Crippen LogP contribution in [0.15, 0.2) is 48.8 Å². The van der Waals surface area contributed by atoms with Crippen LogP contribution in [-0.2, 0) is 13.0 Å². The second kappa shape index (κ2) is 8.00. The first-order chi connectivity index (χ1) is 13.6. The molecule has 0 radical (unpaired) electrons. The van der Waals surface area contributed by atoms with Crippen LogP contribution < -0.4 is 10.1 Å². The van der Waals surface area contributed by atoms with Gasteiger partial charge in [-0.3, -0.25) is 9.69 Å². The number of imidazole rings is 1. The maximum Gasteiger partial charge on any atom is 0.271 e. The number of aromatic nitrogens is 2. The molecular weight excluding hydrogens is 356 g/mol. The molecule has 1 aromatic carbocycles. The molecule has 0 saturated carbocycles. The molecule has 1 atom stereocenters. The van der Waals surface area contributed by atoms with Crippen LogP contribution in [0.25, 0.3) is 5.65 Å². The summed E-state index contributed by atoms with van der Waals surface area (Å²) >= 11 is 0. The SMILES string of the molecule is COc1ccc2nc(C(=O)NCC(O)CN3CCc4ccccc4C3)cn2c1. The summed E-state index contributed by atoms with van der Waals surface area (Å²) in [6.07, 6.45) is 3.77. The fourth-order valence-corrected chi connectivity index (χ4v) is 3.58. The second-order valence-corrected chi connectivity index (χ2v) is 7.08. The largest absolute Gasteiger partial charge is 0.495 e. The smallest absolute Gasteiger partial charge is 0.271 e. The van der Waals surface area contributed by atoms with Crippen molar-refractivity contribution in [2.24, 2.45) is 0 Å². The van der Waals surface area contributed by atoms with Gasteiger partial charge in [-0.05, 0) is 29.7 Å². The summed E-state index contributed by atoms with van der Waals surface area (Å²) in [5.41, 5.74) is 3.67. The lowest BCUT2D eigenvalue weighted by atomic mass is 10.00. The van der Waals surface area contributed by atoms with Crippen LogP contribution in [0, 0.1) is 0 Å². The Bertz CT molecular complexity index is 985. The lowest BCUT2D eigenvalue weighted by Gasteiger charge is -2.30. The first kappa shape index (κ1) is 18.5. The van der Waals surface area contributed by atoms with Gasteiger partial charge in [0.05, 0.1) is 19.4 Å². The average Bonchev–Trinajstić information content (AvgIpc) is 3.15. The van der Waals surface area contributed by atoms with Crippen LogP contribution >= 0.6 is 0 Å². The van der Waals surface area contributed by atoms with Gasteiger partial charge < -0.3 is 19.6 Å². The van der Waals surface area contributed by atoms with E-state index in [1.807, 2.05) is 6.07 Å². The number of hydrogen-bond acceptors (Lipinski definition) is 5. The maximum absolute atomic E-state index is 12.4. The highest BCUT2D eigenvalue weighted by molar-refractivity contribution is 5.92. The van der Waals surface area contributed by atoms with E-state index in [1.165, 1.54) is 11.1 Å². The third-order valence-corrected chi connectivity index (χ3v) is 5.07. The van der Waals surface area contributed by atoms with Gasteiger partial charge >= 0.3 is 0 Å². The van der Waals surface area contributed by atoms with Crippen molar-refractivity contribution in [3.63, 3.8) is 0 Å². The van der Waals surface area contributed by atoms with E-state index >= 15 is 0 Å². The number of rotatable bonds is 6. The van der Waals surface area contributed by atoms with E-state index < -0.39 is 6.10 Å². The highest BCUT2D eigenvalue weighted by Gasteiger charge is 2.19. The van der Waals surface area contributed by atoms with Crippen LogP contribution in [0.3, 0.4) is 0 Å². The molecule has 7 nitrogen and oxygen atoms in total. The molecule has 0 aliphatic carbocycles. The topological polar surface area (TPSA) is 79.1 Å². The summed E-state index contributed by atoms with van der Waals surface area (Å²) in [6, 6.07) is 12.0. The number of ether oxygens (including phenoxy) is 1. The number of aliphatic hydroxyl groups excluding tert-OH is 1. The maximum atomic E-state index is 12.4. The third-order valence-electron chi connectivity index (χ3n) is 5.07. The Balaban J connectivity index is 1.31. The van der Waals surface area contributed by atoms with Gasteiger partial charge in [0.15, 0.2) is 0 Å². The highest BCUT2D eigenvalue weighted by Crippen LogP contribution is 2.18. The monoisotopic (exact) mass is 380 g/mol. The van der Waals surface area contributed by atoms with Crippen molar-refractivity contribution in [2.45, 2.75) is 19.1 Å². The normalized spacial score (nSPS) is 15.2. The fourth-order valence-electron chi connectivity index (χ4n) is 3.58. The molecule has 1 aliphatic heterocycles. The molecule has 0 saturated heterocycles. The Labute approximate surface area is 163 Å². The van der Waals surface area contributed by atoms with Crippen molar-refractivity contribution < 1.29 is 14.6 Å². The Hall–Kier alpha value is -2.90. The zero-order valence-corrected chi connectivity index (χ0v) is 15.8. The first-order valence-corrected chi connectivity index (χ1v) is 9.40. The number of pyridine rings is 1. The molecule has 7 heteroatoms. The summed E-state index contributed by atoms with van der Waals surface area (Å²) < 4.78 is 6.92. The number of aliphatic hydroxyl groups is 1. The van der Waals surface area contributed by atoms with Gasteiger partial charge in [0.1, 0.15) is 17.1 Å². The third kappa shape index (κ3) is 4.00. The Morgan fingerprint density at radius 1 is 1.25 bits per heavy atom. The minimum Gasteiger partial charge on any atom is -0.495 e. The predicted molar refractivity (Wildman–Crippen MR) is 106 cm³/mol. The molecule has 0 bridgehead atoms. The zero-order chi connectivity index (χ0) is 19.5. The number of benzene rings is 1. The summed E-state index contributed by atoms with van der Waals surface area (Å²) in [4.78, 5) is 18.9. The van der Waals surface area contributed by atoms with Gasteiger partial charge in [0, 0.05) is 32.4 Å². The number of nitrogens with zero attached hydrogens (tertiary/aromatic N) is 3. The molecule has 3 aromatic rings. The van der Waals surface area contributed by atoms with Crippen LogP contribution in [0.1, 0.15) is 21.6 Å². The lowest BCUT2D eigenvalue weighted by molar-refractivity contribution is 0.0838. The first-order valence-electron chi connectivity index (χ1n) is 9.40. The highest BCUT2D eigenvalue weighted by atomic mass is 16.5. The molecular formula is C21H24N4O3. The van der Waals surface area contributed by atoms with Crippen molar-refractivity contribution in [1.29, 1.82) is 0 Å². The second-order valence-electron chi connectivity index (χ2n) is 7.08. The van der Waals surface area contributed by atoms with E-state index in [2.05, 4.69) is 33.4 Å². The zero-order valence-electron chi connectivity index (χ0n) is 15.8. The Kier molecular flexibility index (Phi) is 5.27. The number of carbonyl (C=O) groups excluding carboxylic acids is 1. The van der Waals surface area contributed by atoms with Crippen LogP contribution in [-0.4, -0.2) is 58.1 Å². The quantitative estimate of drug-likeness (QED) is 0.677. The number of methoxy groups -OCH3 is 1. The van der Waals surface area contributed by atoms with Gasteiger partial charge in [-0.1, -0.05) is 24.3 Å². The molecule has 2 aromatic heterocycles. The molecule has 0 fully saturated rings. The van der Waals surface area contributed by atoms with Crippen molar-refractivity contribution in [3.8, 4) is 5.75 Å². The molecule has 1 aliphatic rings. The van der Waals surface area contributed by atoms with Crippen molar-refractivity contribution in [3.05, 3.63) is 65.6 Å². The van der Waals surface area contributed by atoms with Gasteiger partial charge in [-0.2, -0.15) is 0 Å². The van der Waals surface area contributed by atoms with E-state index in [1.54, 1.807) is 36.0 Å². The average molecular weight is 380 g/mol. The van der Waals surface area contributed by atoms with E-state index in [9.17, 15) is 9.90 Å². The minimum atomic E-state index is -0.633. The number of β-amino-alcohol motifs (C(OH)–C–C–N with tert-alkyl or cyclic N) is 1. The molecule has 28 heavy (non-hydrogen) atoms. The molecule has 1 amide bonds. The van der Waals surface area contributed by atoms with E-state index in [0.29, 0.717) is 23.6 Å². The van der Waals surface area contributed by atoms with Gasteiger partial charge in [0.25, 0.3) is 5.91 Å². The summed E-state index contributed by atoms with van der Waals surface area (Å²) in [7, 11) is 1.59. The van der Waals surface area contributed by atoms with Gasteiger partial charge in [0.2, 0.25) is 0 Å². The Morgan fingerprint density at radius 3 is 2.89 bits per heavy atom. The number of fused-ring (bicyclic) bond motifs is 2. The van der Waals surface area contributed by atoms with Crippen molar-refractivity contribution in [1.82, 2.24) is 19.6 Å². The van der Waals surface area contributed by atoms with Gasteiger partial charge in [-0.15, -0.1) is 0 Å². The fraction of sp³-hybridized carbons (Fsp3) is 0.333. The standard InChI is InChI=1S/C21H24N4O3/c1-28-18-6-7-20-23-19(14-25(20)13-18)21(27)22-10-17(26)12-24-9-8-15-4-2-3-5-16(15)11-24/h2-7,13-14,17,26H,8-12H2,1H3,(H,22,27). The number of carbonyl (C=O) groups is 1. The minimum absolute atomic E-state index is 0.189. The Morgan fingerprint density at radius 2 is 2.07 bits per heavy atom. The van der Waals surface area contributed by atoms with Crippen molar-refractivity contribution >= 4 is 11.6 Å². The summed E-state index contributed by atoms with van der Waals surface area (Å²) in [5.74, 6) is 0.390. The van der Waals surface area contributed by atoms with E-state index in [4.69, 9.17) is 4.74 Å². The molecule has 2 N–H and O–H groups in total. The summed E-state index contributed by atoms with van der Waals surface area (Å²) in [5, 5.41) is 13.1. The predicted octanol–water partition coefficient (Wildman–Crippen LogP) is 1.49. The molecule has 0 spiro atoms. The number of nitrogens with one attached hydrogen (secondary N) is 1. The molecule has 1 unspecified atom stereocenters. The van der Waals surface area contributed by atoms with Gasteiger partial charge in [-0.25, -0.2) is 4.98 Å². The molecule has 4 rings (SSSR count). The van der Waals surface area contributed by atoms with Crippen molar-refractivity contribution in [2.75, 3.05) is 26.7 Å². The van der Waals surface area contributed by atoms with Crippen LogP contribution in [0.4, 0.5) is 0 Å². The van der Waals surface area contributed by atoms with Crippen LogP contribution in [0.5, 0.6) is 5.75 Å². The molecule has 146 valence electrons. The lowest BCUT2D eigenvalue weighted by Crippen LogP contribution is -2.42. The summed E-state index contributed by atoms with van der Waals surface area (Å²) in [6.45, 7) is 2.46. The number of amides is 1.